The van der Waals surface area contributed by atoms with Crippen molar-refractivity contribution < 1.29 is 9.52 Å². The Morgan fingerprint density at radius 1 is 1.25 bits per heavy atom. The van der Waals surface area contributed by atoms with Crippen molar-refractivity contribution in [2.75, 3.05) is 5.75 Å². The van der Waals surface area contributed by atoms with E-state index in [1.54, 1.807) is 0 Å². The molecule has 1 aromatic carbocycles. The van der Waals surface area contributed by atoms with E-state index in [-0.39, 0.29) is 11.9 Å². The quantitative estimate of drug-likeness (QED) is 0.680. The molecule has 0 aliphatic carbocycles. The molecule has 20 heavy (non-hydrogen) atoms. The number of nitrogens with zero attached hydrogens (tertiary/aromatic N) is 1. The summed E-state index contributed by atoms with van der Waals surface area (Å²) >= 11 is 1.82. The highest BCUT2D eigenvalue weighted by molar-refractivity contribution is 7.99. The highest BCUT2D eigenvalue weighted by Crippen LogP contribution is 2.35. The van der Waals surface area contributed by atoms with Crippen LogP contribution in [-0.4, -0.2) is 11.7 Å². The molecule has 102 valence electrons. The molecule has 4 nitrogen and oxygen atoms in total. The lowest BCUT2D eigenvalue weighted by molar-refractivity contribution is -0.605. The van der Waals surface area contributed by atoms with Gasteiger partial charge in [-0.2, -0.15) is 4.73 Å². The Labute approximate surface area is 121 Å². The molecule has 0 radical (unpaired) electrons. The van der Waals surface area contributed by atoms with Crippen molar-refractivity contribution in [2.45, 2.75) is 17.4 Å². The summed E-state index contributed by atoms with van der Waals surface area (Å²) in [5, 5.41) is 14.0. The van der Waals surface area contributed by atoms with Crippen LogP contribution in [0.5, 0.6) is 0 Å². The smallest absolute Gasteiger partial charge is 0.252 e. The second-order valence-corrected chi connectivity index (χ2v) is 5.78. The summed E-state index contributed by atoms with van der Waals surface area (Å²) < 4.78 is 0.670. The number of rotatable bonds is 2. The topological polar surface area (TPSA) is 56.0 Å². The molecule has 0 bridgehead atoms. The molecule has 2 heterocycles. The van der Waals surface area contributed by atoms with Gasteiger partial charge in [-0.3, -0.25) is 4.79 Å². The van der Waals surface area contributed by atoms with Crippen molar-refractivity contribution >= 4 is 17.7 Å². The van der Waals surface area contributed by atoms with Crippen LogP contribution in [0.1, 0.15) is 28.4 Å². The Balaban J connectivity index is 1.79. The number of aromatic nitrogens is 1. The molecule has 5 heteroatoms. The summed E-state index contributed by atoms with van der Waals surface area (Å²) in [4.78, 5) is 13.4. The van der Waals surface area contributed by atoms with Gasteiger partial charge in [0.25, 0.3) is 5.91 Å². The van der Waals surface area contributed by atoms with Crippen molar-refractivity contribution in [3.8, 4) is 0 Å². The average Bonchev–Trinajstić information content (AvgIpc) is 2.48. The third-order valence-corrected chi connectivity index (χ3v) is 4.45. The first-order valence-electron chi connectivity index (χ1n) is 6.45. The minimum atomic E-state index is -0.141. The minimum absolute atomic E-state index is 0.0412. The molecule has 0 saturated heterocycles. The van der Waals surface area contributed by atoms with Crippen LogP contribution in [0.15, 0.2) is 53.7 Å². The summed E-state index contributed by atoms with van der Waals surface area (Å²) in [5.41, 5.74) is 1.68. The lowest BCUT2D eigenvalue weighted by atomic mass is 10.0. The Hall–Kier alpha value is -2.01. The summed E-state index contributed by atoms with van der Waals surface area (Å²) in [7, 11) is 0. The van der Waals surface area contributed by atoms with Gasteiger partial charge in [0.15, 0.2) is 12.4 Å². The predicted octanol–water partition coefficient (Wildman–Crippen LogP) is 2.29. The van der Waals surface area contributed by atoms with Crippen LogP contribution in [0.4, 0.5) is 0 Å². The first-order valence-corrected chi connectivity index (χ1v) is 7.44. The molecule has 1 N–H and O–H groups in total. The molecule has 3 rings (SSSR count). The Morgan fingerprint density at radius 2 is 2.00 bits per heavy atom. The molecule has 1 aromatic heterocycles. The lowest BCUT2D eigenvalue weighted by Crippen LogP contribution is -2.32. The van der Waals surface area contributed by atoms with E-state index in [1.165, 1.54) is 35.0 Å². The van der Waals surface area contributed by atoms with E-state index in [9.17, 15) is 10.0 Å². The molecule has 1 unspecified atom stereocenters. The van der Waals surface area contributed by atoms with Gasteiger partial charge in [0.05, 0.1) is 11.6 Å². The number of carbonyl (C=O) groups is 1. The summed E-state index contributed by atoms with van der Waals surface area (Å²) in [6, 6.07) is 11.3. The van der Waals surface area contributed by atoms with Crippen LogP contribution in [0.3, 0.4) is 0 Å². The van der Waals surface area contributed by atoms with E-state index in [0.717, 1.165) is 12.2 Å². The fourth-order valence-electron chi connectivity index (χ4n) is 2.30. The maximum absolute atomic E-state index is 12.2. The van der Waals surface area contributed by atoms with Crippen LogP contribution in [-0.2, 0) is 0 Å². The number of fused-ring (bicyclic) bond motifs is 1. The number of hydrogen-bond donors (Lipinski definition) is 1. The van der Waals surface area contributed by atoms with Gasteiger partial charge in [0.1, 0.15) is 0 Å². The summed E-state index contributed by atoms with van der Waals surface area (Å²) in [6.07, 6.45) is 3.58. The first-order chi connectivity index (χ1) is 9.74. The van der Waals surface area contributed by atoms with E-state index in [2.05, 4.69) is 17.4 Å². The highest BCUT2D eigenvalue weighted by atomic mass is 32.2. The largest absolute Gasteiger partial charge is 0.619 e. The number of amides is 1. The van der Waals surface area contributed by atoms with Gasteiger partial charge < -0.3 is 10.5 Å². The Morgan fingerprint density at radius 3 is 2.80 bits per heavy atom. The Bertz CT molecular complexity index is 628. The normalized spacial score (nSPS) is 17.3. The maximum Gasteiger partial charge on any atom is 0.252 e. The standard InChI is InChI=1S/C15H14N2O2S/c18-15(11-5-8-17(19)9-6-11)16-13-7-10-20-14-4-2-1-3-12(13)14/h1-6,8-9,13H,7,10H2,(H,16,18). The van der Waals surface area contributed by atoms with Gasteiger partial charge in [-0.1, -0.05) is 18.2 Å². The molecule has 2 aromatic rings. The summed E-state index contributed by atoms with van der Waals surface area (Å²) in [6.45, 7) is 0. The van der Waals surface area contributed by atoms with E-state index in [0.29, 0.717) is 10.3 Å². The van der Waals surface area contributed by atoms with Crippen molar-refractivity contribution in [1.29, 1.82) is 0 Å². The monoisotopic (exact) mass is 286 g/mol. The van der Waals surface area contributed by atoms with Crippen LogP contribution >= 0.6 is 11.8 Å². The van der Waals surface area contributed by atoms with Crippen molar-refractivity contribution in [2.24, 2.45) is 0 Å². The first kappa shape index (κ1) is 13.0. The van der Waals surface area contributed by atoms with Crippen LogP contribution < -0.4 is 10.0 Å². The lowest BCUT2D eigenvalue weighted by Gasteiger charge is -2.25. The molecule has 0 spiro atoms. The van der Waals surface area contributed by atoms with Crippen molar-refractivity contribution in [3.63, 3.8) is 0 Å². The second kappa shape index (κ2) is 5.54. The predicted molar refractivity (Wildman–Crippen MR) is 77.4 cm³/mol. The highest BCUT2D eigenvalue weighted by Gasteiger charge is 2.22. The number of hydrogen-bond acceptors (Lipinski definition) is 3. The van der Waals surface area contributed by atoms with Gasteiger partial charge in [0.2, 0.25) is 0 Å². The molecular formula is C15H14N2O2S. The molecule has 0 saturated carbocycles. The number of pyridine rings is 1. The molecule has 1 amide bonds. The zero-order valence-corrected chi connectivity index (χ0v) is 11.6. The number of carbonyl (C=O) groups excluding carboxylic acids is 1. The van der Waals surface area contributed by atoms with E-state index in [4.69, 9.17) is 0 Å². The molecule has 1 aliphatic heterocycles. The third-order valence-electron chi connectivity index (χ3n) is 3.33. The van der Waals surface area contributed by atoms with E-state index < -0.39 is 0 Å². The average molecular weight is 286 g/mol. The number of benzene rings is 1. The van der Waals surface area contributed by atoms with Crippen LogP contribution in [0.2, 0.25) is 0 Å². The maximum atomic E-state index is 12.2. The SMILES string of the molecule is O=C(NC1CCSc2ccccc21)c1cc[n+]([O-])cc1. The number of thioether (sulfide) groups is 1. The van der Waals surface area contributed by atoms with Crippen molar-refractivity contribution in [3.05, 3.63) is 65.1 Å². The van der Waals surface area contributed by atoms with Gasteiger partial charge in [-0.25, -0.2) is 0 Å². The van der Waals surface area contributed by atoms with Crippen LogP contribution in [0, 0.1) is 5.21 Å². The van der Waals surface area contributed by atoms with Crippen molar-refractivity contribution in [1.82, 2.24) is 5.32 Å². The molecule has 1 aliphatic rings. The van der Waals surface area contributed by atoms with Gasteiger partial charge in [-0.05, 0) is 18.1 Å². The zero-order valence-electron chi connectivity index (χ0n) is 10.8. The molecular weight excluding hydrogens is 272 g/mol. The minimum Gasteiger partial charge on any atom is -0.619 e. The fraction of sp³-hybridized carbons (Fsp3) is 0.200. The third kappa shape index (κ3) is 2.63. The molecule has 1 atom stereocenters. The van der Waals surface area contributed by atoms with Crippen LogP contribution in [0.25, 0.3) is 0 Å². The van der Waals surface area contributed by atoms with Gasteiger partial charge in [-0.15, -0.1) is 11.8 Å². The number of nitrogens with one attached hydrogen (secondary N) is 1. The zero-order chi connectivity index (χ0) is 13.9. The van der Waals surface area contributed by atoms with E-state index in [1.807, 2.05) is 23.9 Å². The summed E-state index contributed by atoms with van der Waals surface area (Å²) in [5.74, 6) is 0.856. The fourth-order valence-corrected chi connectivity index (χ4v) is 3.42. The Kier molecular flexibility index (Phi) is 3.60. The van der Waals surface area contributed by atoms with Gasteiger partial charge >= 0.3 is 0 Å². The second-order valence-electron chi connectivity index (χ2n) is 4.65. The van der Waals surface area contributed by atoms with Gasteiger partial charge in [0, 0.05) is 22.8 Å². The van der Waals surface area contributed by atoms with E-state index >= 15 is 0 Å². The molecule has 0 fully saturated rings.